The van der Waals surface area contributed by atoms with Gasteiger partial charge in [0.1, 0.15) is 18.4 Å². The summed E-state index contributed by atoms with van der Waals surface area (Å²) < 4.78 is 5.17. The van der Waals surface area contributed by atoms with E-state index in [-0.39, 0.29) is 25.2 Å². The fourth-order valence-corrected chi connectivity index (χ4v) is 4.36. The van der Waals surface area contributed by atoms with Crippen LogP contribution in [0.3, 0.4) is 0 Å². The summed E-state index contributed by atoms with van der Waals surface area (Å²) in [6, 6.07) is 16.5. The minimum atomic E-state index is -0.927. The molecule has 37 heavy (non-hydrogen) atoms. The van der Waals surface area contributed by atoms with Gasteiger partial charge in [-0.1, -0.05) is 54.4 Å². The molecule has 2 aromatic rings. The first-order valence-electron chi connectivity index (χ1n) is 12.6. The van der Waals surface area contributed by atoms with Crippen LogP contribution in [0.1, 0.15) is 56.1 Å². The Labute approximate surface area is 223 Å². The number of hydrogen-bond donors (Lipinski definition) is 3. The number of unbranched alkanes of at least 4 members (excludes halogenated alkanes) is 2. The van der Waals surface area contributed by atoms with Gasteiger partial charge >= 0.3 is 6.09 Å². The van der Waals surface area contributed by atoms with Crippen LogP contribution >= 0.6 is 11.8 Å². The van der Waals surface area contributed by atoms with E-state index in [1.54, 1.807) is 11.8 Å². The van der Waals surface area contributed by atoms with Crippen LogP contribution in [0, 0.1) is 6.92 Å². The molecule has 3 amide bonds. The van der Waals surface area contributed by atoms with Gasteiger partial charge in [0.15, 0.2) is 0 Å². The molecule has 8 nitrogen and oxygen atoms in total. The van der Waals surface area contributed by atoms with Crippen molar-refractivity contribution in [3.8, 4) is 0 Å². The van der Waals surface area contributed by atoms with Gasteiger partial charge in [0.2, 0.25) is 11.8 Å². The Bertz CT molecular complexity index is 999. The Hall–Kier alpha value is -3.33. The molecule has 1 atom stereocenters. The van der Waals surface area contributed by atoms with Crippen molar-refractivity contribution >= 4 is 35.5 Å². The van der Waals surface area contributed by atoms with E-state index in [4.69, 9.17) is 10.5 Å². The molecule has 0 heterocycles. The molecule has 0 aromatic heterocycles. The van der Waals surface area contributed by atoms with Crippen molar-refractivity contribution in [2.45, 2.75) is 69.4 Å². The molecular weight excluding hydrogens is 490 g/mol. The summed E-state index contributed by atoms with van der Waals surface area (Å²) in [6.07, 6.45) is 2.64. The van der Waals surface area contributed by atoms with Crippen LogP contribution in [0.5, 0.6) is 0 Å². The maximum absolute atomic E-state index is 12.6. The third-order valence-electron chi connectivity index (χ3n) is 5.60. The molecular formula is C28H37N3O5S. The standard InChI is InChI=1S/C28H37N3O5S/c1-21-11-13-24(14-12-21)37-19-17-23(32)10-6-3-7-18-30-27(34)25(15-16-26(29)33)31-28(35)36-20-22-8-4-2-5-9-22/h2,4-5,8-9,11-14,25H,3,6-7,10,15-20H2,1H3,(H2,29,33)(H,30,34)(H,31,35). The van der Waals surface area contributed by atoms with E-state index in [2.05, 4.69) is 34.9 Å². The average molecular weight is 528 g/mol. The van der Waals surface area contributed by atoms with Crippen LogP contribution < -0.4 is 16.4 Å². The van der Waals surface area contributed by atoms with E-state index >= 15 is 0 Å². The maximum atomic E-state index is 12.6. The summed E-state index contributed by atoms with van der Waals surface area (Å²) in [5.41, 5.74) is 7.24. The normalized spacial score (nSPS) is 11.4. The lowest BCUT2D eigenvalue weighted by molar-refractivity contribution is -0.123. The lowest BCUT2D eigenvalue weighted by Gasteiger charge is -2.18. The van der Waals surface area contributed by atoms with Gasteiger partial charge in [0.25, 0.3) is 0 Å². The van der Waals surface area contributed by atoms with Crippen molar-refractivity contribution in [3.63, 3.8) is 0 Å². The Morgan fingerprint density at radius 2 is 1.65 bits per heavy atom. The van der Waals surface area contributed by atoms with E-state index < -0.39 is 23.9 Å². The first-order chi connectivity index (χ1) is 17.8. The zero-order chi connectivity index (χ0) is 26.9. The summed E-state index contributed by atoms with van der Waals surface area (Å²) in [6.45, 7) is 2.52. The highest BCUT2D eigenvalue weighted by Gasteiger charge is 2.22. The summed E-state index contributed by atoms with van der Waals surface area (Å²) in [5, 5.41) is 5.30. The van der Waals surface area contributed by atoms with Crippen LogP contribution in [-0.2, 0) is 25.7 Å². The van der Waals surface area contributed by atoms with E-state index in [0.717, 1.165) is 24.2 Å². The van der Waals surface area contributed by atoms with Crippen molar-refractivity contribution < 1.29 is 23.9 Å². The Morgan fingerprint density at radius 3 is 2.35 bits per heavy atom. The summed E-state index contributed by atoms with van der Waals surface area (Å²) in [4.78, 5) is 49.2. The van der Waals surface area contributed by atoms with Gasteiger partial charge in [-0.3, -0.25) is 14.4 Å². The van der Waals surface area contributed by atoms with Crippen LogP contribution in [0.25, 0.3) is 0 Å². The lowest BCUT2D eigenvalue weighted by atomic mass is 10.1. The van der Waals surface area contributed by atoms with Gasteiger partial charge < -0.3 is 21.1 Å². The molecule has 0 aliphatic carbocycles. The monoisotopic (exact) mass is 527 g/mol. The molecule has 4 N–H and O–H groups in total. The van der Waals surface area contributed by atoms with E-state index in [9.17, 15) is 19.2 Å². The number of ketones is 1. The predicted octanol–water partition coefficient (Wildman–Crippen LogP) is 4.28. The SMILES string of the molecule is Cc1ccc(SCCC(=O)CCCCCNC(=O)C(CCC(N)=O)NC(=O)OCc2ccccc2)cc1. The number of primary amides is 1. The van der Waals surface area contributed by atoms with Crippen LogP contribution in [0.2, 0.25) is 0 Å². The number of nitrogens with two attached hydrogens (primary N) is 1. The predicted molar refractivity (Wildman–Crippen MR) is 145 cm³/mol. The zero-order valence-corrected chi connectivity index (χ0v) is 22.2. The molecule has 0 fully saturated rings. The largest absolute Gasteiger partial charge is 0.445 e. The highest BCUT2D eigenvalue weighted by molar-refractivity contribution is 7.99. The van der Waals surface area contributed by atoms with Crippen LogP contribution in [0.15, 0.2) is 59.5 Å². The lowest BCUT2D eigenvalue weighted by Crippen LogP contribution is -2.47. The van der Waals surface area contributed by atoms with Crippen LogP contribution in [0.4, 0.5) is 4.79 Å². The van der Waals surface area contributed by atoms with Crippen molar-refractivity contribution in [1.82, 2.24) is 10.6 Å². The number of thioether (sulfide) groups is 1. The topological polar surface area (TPSA) is 128 Å². The van der Waals surface area contributed by atoms with Gasteiger partial charge in [-0.15, -0.1) is 11.8 Å². The number of aryl methyl sites for hydroxylation is 1. The molecule has 1 unspecified atom stereocenters. The Kier molecular flexibility index (Phi) is 13.9. The number of Topliss-reactive ketones (excluding diaryl/α,β-unsaturated/α-hetero) is 1. The summed E-state index contributed by atoms with van der Waals surface area (Å²) in [5.74, 6) is 0.0560. The molecule has 2 rings (SSSR count). The smallest absolute Gasteiger partial charge is 0.408 e. The van der Waals surface area contributed by atoms with Crippen molar-refractivity contribution in [1.29, 1.82) is 0 Å². The number of ether oxygens (including phenoxy) is 1. The number of hydrogen-bond acceptors (Lipinski definition) is 6. The Balaban J connectivity index is 1.61. The number of alkyl carbamates (subject to hydrolysis) is 1. The molecule has 0 spiro atoms. The highest BCUT2D eigenvalue weighted by atomic mass is 32.2. The van der Waals surface area contributed by atoms with Crippen molar-refractivity contribution in [2.24, 2.45) is 5.73 Å². The first kappa shape index (κ1) is 29.9. The van der Waals surface area contributed by atoms with E-state index in [1.165, 1.54) is 10.5 Å². The molecule has 2 aromatic carbocycles. The summed E-state index contributed by atoms with van der Waals surface area (Å²) >= 11 is 1.69. The number of rotatable bonds is 17. The second-order valence-electron chi connectivity index (χ2n) is 8.82. The zero-order valence-electron chi connectivity index (χ0n) is 21.4. The molecule has 9 heteroatoms. The fraction of sp³-hybridized carbons (Fsp3) is 0.429. The number of carbonyl (C=O) groups excluding carboxylic acids is 4. The highest BCUT2D eigenvalue weighted by Crippen LogP contribution is 2.19. The third kappa shape index (κ3) is 13.5. The number of carbonyl (C=O) groups is 4. The van der Waals surface area contributed by atoms with E-state index in [1.807, 2.05) is 37.3 Å². The molecule has 0 aliphatic heterocycles. The van der Waals surface area contributed by atoms with Gasteiger partial charge in [-0.25, -0.2) is 4.79 Å². The average Bonchev–Trinajstić information content (AvgIpc) is 2.88. The summed E-state index contributed by atoms with van der Waals surface area (Å²) in [7, 11) is 0. The minimum absolute atomic E-state index is 0.0403. The van der Waals surface area contributed by atoms with Gasteiger partial charge in [-0.05, 0) is 43.9 Å². The molecule has 0 bridgehead atoms. The molecule has 0 aliphatic rings. The van der Waals surface area contributed by atoms with E-state index in [0.29, 0.717) is 25.8 Å². The molecule has 0 radical (unpaired) electrons. The maximum Gasteiger partial charge on any atom is 0.408 e. The number of nitrogens with one attached hydrogen (secondary N) is 2. The minimum Gasteiger partial charge on any atom is -0.445 e. The molecule has 200 valence electrons. The third-order valence-corrected chi connectivity index (χ3v) is 6.62. The second-order valence-corrected chi connectivity index (χ2v) is 9.98. The Morgan fingerprint density at radius 1 is 0.919 bits per heavy atom. The van der Waals surface area contributed by atoms with Crippen molar-refractivity contribution in [2.75, 3.05) is 12.3 Å². The van der Waals surface area contributed by atoms with Gasteiger partial charge in [0.05, 0.1) is 0 Å². The first-order valence-corrected chi connectivity index (χ1v) is 13.6. The van der Waals surface area contributed by atoms with Crippen molar-refractivity contribution in [3.05, 3.63) is 65.7 Å². The quantitative estimate of drug-likeness (QED) is 0.208. The second kappa shape index (κ2) is 17.2. The molecule has 0 saturated carbocycles. The number of amides is 3. The van der Waals surface area contributed by atoms with Crippen LogP contribution in [-0.4, -0.2) is 42.0 Å². The van der Waals surface area contributed by atoms with Gasteiger partial charge in [0, 0.05) is 36.5 Å². The fourth-order valence-electron chi connectivity index (χ4n) is 3.46. The molecule has 0 saturated heterocycles. The number of benzene rings is 2. The van der Waals surface area contributed by atoms with Gasteiger partial charge in [-0.2, -0.15) is 0 Å².